The summed E-state index contributed by atoms with van der Waals surface area (Å²) in [6.45, 7) is 4.90. The smallest absolute Gasteiger partial charge is 0.275 e. The zero-order valence-electron chi connectivity index (χ0n) is 27.3. The van der Waals surface area contributed by atoms with Crippen LogP contribution in [0.1, 0.15) is 85.5 Å². The van der Waals surface area contributed by atoms with Crippen LogP contribution in [0.25, 0.3) is 0 Å². The third kappa shape index (κ3) is 7.03. The fourth-order valence-corrected chi connectivity index (χ4v) is 7.66. The third-order valence-electron chi connectivity index (χ3n) is 9.92. The topological polar surface area (TPSA) is 135 Å². The summed E-state index contributed by atoms with van der Waals surface area (Å²) in [5, 5.41) is 6.77. The van der Waals surface area contributed by atoms with Crippen LogP contribution in [0.4, 0.5) is 0 Å². The largest absolute Gasteiger partial charge is 0.486 e. The molecule has 0 saturated heterocycles. The van der Waals surface area contributed by atoms with Crippen LogP contribution in [0, 0.1) is 17.8 Å². The van der Waals surface area contributed by atoms with Gasteiger partial charge in [-0.25, -0.2) is 0 Å². The number of amidine groups is 1. The number of aliphatic imine (C=N–C) groups is 1. The van der Waals surface area contributed by atoms with Gasteiger partial charge in [0.05, 0.1) is 22.6 Å². The van der Waals surface area contributed by atoms with Crippen molar-refractivity contribution in [2.24, 2.45) is 39.4 Å². The number of amides is 2. The van der Waals surface area contributed by atoms with Gasteiger partial charge in [-0.05, 0) is 91.7 Å². The first-order valence-electron chi connectivity index (χ1n) is 16.6. The molecule has 1 aliphatic heterocycles. The van der Waals surface area contributed by atoms with Gasteiger partial charge in [-0.1, -0.05) is 79.5 Å². The third-order valence-corrected chi connectivity index (χ3v) is 10.5. The van der Waals surface area contributed by atoms with Gasteiger partial charge < -0.3 is 26.5 Å². The molecule has 0 radical (unpaired) electrons. The maximum Gasteiger partial charge on any atom is 0.275 e. The minimum absolute atomic E-state index is 0.0538. The monoisotopic (exact) mass is 688 g/mol. The normalized spacial score (nSPS) is 21.8. The Kier molecular flexibility index (Phi) is 9.99. The summed E-state index contributed by atoms with van der Waals surface area (Å²) in [4.78, 5) is 34.8. The lowest BCUT2D eigenvalue weighted by Gasteiger charge is -2.46. The highest BCUT2D eigenvalue weighted by molar-refractivity contribution is 6.48. The summed E-state index contributed by atoms with van der Waals surface area (Å²) in [6.07, 6.45) is 5.55. The molecule has 3 aromatic carbocycles. The zero-order chi connectivity index (χ0) is 34.0. The summed E-state index contributed by atoms with van der Waals surface area (Å²) in [6, 6.07) is 20.5. The van der Waals surface area contributed by atoms with E-state index in [1.807, 2.05) is 47.4 Å². The van der Waals surface area contributed by atoms with Crippen LogP contribution in [0.2, 0.25) is 10.0 Å². The molecule has 1 atom stereocenters. The van der Waals surface area contributed by atoms with E-state index in [2.05, 4.69) is 24.3 Å². The molecule has 3 aromatic rings. The Hall–Kier alpha value is -4.08. The standard InChI is InChI=1S/C37H42Cl2N6O3/c1-22(2)24-14-16-37(17-15-24)43-32(28-18-29(38)34(30(39)19-28)48-21-23-6-4-3-5-7-23)36(47)45(37)33(25-8-9-25)26-10-12-27(13-11-26)35(46)42-20-31(40)44-41/h3-7,10-13,18-19,22,24-25,33H,8-9,14-17,20-21,41H2,1-2H3,(H2,40,44)(H,42,46). The van der Waals surface area contributed by atoms with Gasteiger partial charge in [0, 0.05) is 11.1 Å². The van der Waals surface area contributed by atoms with E-state index in [0.29, 0.717) is 57.0 Å². The van der Waals surface area contributed by atoms with Gasteiger partial charge in [0.15, 0.2) is 5.75 Å². The first kappa shape index (κ1) is 33.8. The van der Waals surface area contributed by atoms with Crippen molar-refractivity contribution in [1.82, 2.24) is 10.2 Å². The molecule has 48 heavy (non-hydrogen) atoms. The summed E-state index contributed by atoms with van der Waals surface area (Å²) >= 11 is 13.5. The molecule has 0 bridgehead atoms. The van der Waals surface area contributed by atoms with E-state index in [-0.39, 0.29) is 30.2 Å². The van der Waals surface area contributed by atoms with Crippen LogP contribution < -0.4 is 21.6 Å². The summed E-state index contributed by atoms with van der Waals surface area (Å²) < 4.78 is 6.01. The van der Waals surface area contributed by atoms with Crippen LogP contribution in [0.3, 0.4) is 0 Å². The highest BCUT2D eigenvalue weighted by Gasteiger charge is 2.55. The number of nitrogens with zero attached hydrogens (tertiary/aromatic N) is 3. The number of ether oxygens (including phenoxy) is 1. The second kappa shape index (κ2) is 14.2. The van der Waals surface area contributed by atoms with Gasteiger partial charge in [-0.2, -0.15) is 5.10 Å². The van der Waals surface area contributed by atoms with E-state index in [1.165, 1.54) is 0 Å². The molecule has 3 aliphatic rings. The molecule has 1 heterocycles. The molecule has 9 nitrogen and oxygen atoms in total. The second-order valence-corrected chi connectivity index (χ2v) is 14.3. The summed E-state index contributed by atoms with van der Waals surface area (Å²) in [5.41, 5.74) is 8.36. The van der Waals surface area contributed by atoms with E-state index in [4.69, 9.17) is 44.5 Å². The molecule has 252 valence electrons. The molecule has 6 rings (SSSR count). The molecule has 1 unspecified atom stereocenters. The molecule has 5 N–H and O–H groups in total. The first-order chi connectivity index (χ1) is 23.1. The number of nitrogens with one attached hydrogen (secondary N) is 1. The number of nitrogens with two attached hydrogens (primary N) is 2. The molecular weight excluding hydrogens is 647 g/mol. The van der Waals surface area contributed by atoms with E-state index < -0.39 is 5.66 Å². The lowest BCUT2D eigenvalue weighted by atomic mass is 9.76. The van der Waals surface area contributed by atoms with Crippen LogP contribution in [-0.2, 0) is 11.4 Å². The van der Waals surface area contributed by atoms with Gasteiger partial charge in [0.1, 0.15) is 23.8 Å². The maximum atomic E-state index is 14.7. The van der Waals surface area contributed by atoms with Crippen molar-refractivity contribution < 1.29 is 14.3 Å². The average molecular weight is 690 g/mol. The van der Waals surface area contributed by atoms with Gasteiger partial charge in [-0.3, -0.25) is 14.6 Å². The number of benzene rings is 3. The highest BCUT2D eigenvalue weighted by Crippen LogP contribution is 2.53. The van der Waals surface area contributed by atoms with Crippen LogP contribution in [0.5, 0.6) is 5.75 Å². The summed E-state index contributed by atoms with van der Waals surface area (Å²) in [5.74, 6) is 6.71. The van der Waals surface area contributed by atoms with E-state index >= 15 is 0 Å². The van der Waals surface area contributed by atoms with Crippen molar-refractivity contribution in [2.75, 3.05) is 6.54 Å². The minimum Gasteiger partial charge on any atom is -0.486 e. The van der Waals surface area contributed by atoms with E-state index in [9.17, 15) is 9.59 Å². The lowest BCUT2D eigenvalue weighted by Crippen LogP contribution is -2.51. The number of hydrogen-bond donors (Lipinski definition) is 3. The molecule has 0 aromatic heterocycles. The molecule has 2 amide bonds. The van der Waals surface area contributed by atoms with E-state index in [0.717, 1.165) is 49.7 Å². The molecule has 11 heteroatoms. The van der Waals surface area contributed by atoms with Gasteiger partial charge >= 0.3 is 0 Å². The second-order valence-electron chi connectivity index (χ2n) is 13.5. The van der Waals surface area contributed by atoms with Crippen molar-refractivity contribution in [2.45, 2.75) is 70.7 Å². The van der Waals surface area contributed by atoms with Crippen LogP contribution in [0.15, 0.2) is 76.8 Å². The van der Waals surface area contributed by atoms with E-state index in [1.54, 1.807) is 24.3 Å². The number of halogens is 2. The maximum absolute atomic E-state index is 14.7. The molecule has 1 spiro atoms. The predicted molar refractivity (Wildman–Crippen MR) is 190 cm³/mol. The number of hydrazone groups is 1. The number of rotatable bonds is 11. The van der Waals surface area contributed by atoms with Crippen molar-refractivity contribution in [1.29, 1.82) is 0 Å². The van der Waals surface area contributed by atoms with Crippen molar-refractivity contribution >= 4 is 46.6 Å². The van der Waals surface area contributed by atoms with Gasteiger partial charge in [0.25, 0.3) is 11.8 Å². The number of hydrogen-bond acceptors (Lipinski definition) is 6. The van der Waals surface area contributed by atoms with Crippen molar-refractivity contribution in [3.05, 3.63) is 99.0 Å². The Labute approximate surface area is 291 Å². The van der Waals surface area contributed by atoms with Crippen molar-refractivity contribution in [3.8, 4) is 5.75 Å². The summed E-state index contributed by atoms with van der Waals surface area (Å²) in [7, 11) is 0. The minimum atomic E-state index is -0.679. The van der Waals surface area contributed by atoms with Crippen molar-refractivity contribution in [3.63, 3.8) is 0 Å². The average Bonchev–Trinajstić information content (AvgIpc) is 3.89. The highest BCUT2D eigenvalue weighted by atomic mass is 35.5. The molecule has 2 aliphatic carbocycles. The predicted octanol–water partition coefficient (Wildman–Crippen LogP) is 6.86. The zero-order valence-corrected chi connectivity index (χ0v) is 28.8. The fourth-order valence-electron chi connectivity index (χ4n) is 7.07. The quantitative estimate of drug-likeness (QED) is 0.0876. The Morgan fingerprint density at radius 1 is 1.02 bits per heavy atom. The molecular formula is C37H42Cl2N6O3. The number of carbonyl (C=O) groups is 2. The van der Waals surface area contributed by atoms with Gasteiger partial charge in [-0.15, -0.1) is 0 Å². The Bertz CT molecular complexity index is 1690. The van der Waals surface area contributed by atoms with Crippen LogP contribution in [-0.4, -0.2) is 40.5 Å². The number of carbonyl (C=O) groups excluding carboxylic acids is 2. The Morgan fingerprint density at radius 2 is 1.67 bits per heavy atom. The first-order valence-corrected chi connectivity index (χ1v) is 17.4. The Morgan fingerprint density at radius 3 is 2.25 bits per heavy atom. The van der Waals surface area contributed by atoms with Crippen LogP contribution >= 0.6 is 23.2 Å². The molecule has 2 fully saturated rings. The molecule has 2 saturated carbocycles. The fraction of sp³-hybridized carbons (Fsp3) is 0.405. The van der Waals surface area contributed by atoms with Gasteiger partial charge in [0.2, 0.25) is 0 Å². The SMILES string of the molecule is CC(C)C1CCC2(CC1)N=C(c1cc(Cl)c(OCc3ccccc3)c(Cl)c1)C(=O)N2C(c1ccc(C(=O)NCC(N)=NN)cc1)C1CC1. The Balaban J connectivity index is 1.31. The lowest BCUT2D eigenvalue weighted by molar-refractivity contribution is -0.134.